The number of aryl methyl sites for hydroxylation is 1. The molecule has 4 aromatic carbocycles. The van der Waals surface area contributed by atoms with Crippen molar-refractivity contribution < 1.29 is 19.1 Å². The van der Waals surface area contributed by atoms with Gasteiger partial charge in [-0.25, -0.2) is 10.4 Å². The van der Waals surface area contributed by atoms with E-state index in [0.717, 1.165) is 26.5 Å². The molecule has 0 saturated carbocycles. The first-order valence-corrected chi connectivity index (χ1v) is 15.1. The van der Waals surface area contributed by atoms with Gasteiger partial charge in [0.15, 0.2) is 11.7 Å². The summed E-state index contributed by atoms with van der Waals surface area (Å²) in [5.41, 5.74) is 8.06. The van der Waals surface area contributed by atoms with Crippen molar-refractivity contribution in [1.82, 2.24) is 10.4 Å². The molecule has 0 atom stereocenters. The van der Waals surface area contributed by atoms with Crippen molar-refractivity contribution in [1.29, 1.82) is 0 Å². The number of nitrogens with one attached hydrogen (secondary N) is 3. The number of carbonyl (C=O) groups is 2. The van der Waals surface area contributed by atoms with Crippen LogP contribution in [0.4, 0.5) is 16.5 Å². The Kier molecular flexibility index (Phi) is 10.0. The third-order valence-electron chi connectivity index (χ3n) is 6.32. The number of anilines is 3. The van der Waals surface area contributed by atoms with Crippen molar-refractivity contribution in [3.05, 3.63) is 118 Å². The van der Waals surface area contributed by atoms with Crippen LogP contribution < -0.4 is 25.5 Å². The van der Waals surface area contributed by atoms with E-state index in [4.69, 9.17) is 9.47 Å². The van der Waals surface area contributed by atoms with Crippen LogP contribution in [-0.2, 0) is 4.79 Å². The van der Waals surface area contributed by atoms with Gasteiger partial charge in [0, 0.05) is 37.9 Å². The smallest absolute Gasteiger partial charge is 0.271 e. The van der Waals surface area contributed by atoms with Gasteiger partial charge < -0.3 is 20.1 Å². The molecule has 1 aromatic heterocycles. The molecule has 5 rings (SSSR count). The number of methoxy groups -OCH3 is 1. The van der Waals surface area contributed by atoms with E-state index in [-0.39, 0.29) is 18.4 Å². The lowest BCUT2D eigenvalue weighted by atomic mass is 10.1. The van der Waals surface area contributed by atoms with Crippen molar-refractivity contribution >= 4 is 61.8 Å². The number of benzene rings is 4. The lowest BCUT2D eigenvalue weighted by Gasteiger charge is -2.10. The van der Waals surface area contributed by atoms with Crippen LogP contribution in [0.1, 0.15) is 21.5 Å². The fraction of sp³-hybridized carbons (Fsp3) is 0.0909. The number of hydrazone groups is 1. The Morgan fingerprint density at radius 2 is 1.68 bits per heavy atom. The molecule has 1 heterocycles. The standard InChI is InChI=1S/C33H28BrN5O4S/c1-21-3-10-27(11-4-21)37-33-38-29(20-44-33)22-5-7-23(8-6-22)32(41)39-35-18-24-17-25(34)9-16-30(24)43-19-31(40)36-26-12-14-28(42-2)15-13-26/h3-18,20H,19H2,1-2H3,(H,36,40)(H,37,38)(H,39,41)/b35-18+. The number of halogens is 1. The van der Waals surface area contributed by atoms with E-state index >= 15 is 0 Å². The van der Waals surface area contributed by atoms with Crippen LogP contribution in [-0.4, -0.2) is 36.7 Å². The fourth-order valence-corrected chi connectivity index (χ4v) is 5.13. The topological polar surface area (TPSA) is 114 Å². The summed E-state index contributed by atoms with van der Waals surface area (Å²) in [5.74, 6) is 0.428. The Balaban J connectivity index is 1.15. The molecule has 5 aromatic rings. The number of hydrogen-bond acceptors (Lipinski definition) is 8. The van der Waals surface area contributed by atoms with Crippen LogP contribution in [0, 0.1) is 6.92 Å². The summed E-state index contributed by atoms with van der Waals surface area (Å²) in [6, 6.07) is 27.5. The van der Waals surface area contributed by atoms with Crippen molar-refractivity contribution in [3.8, 4) is 22.8 Å². The van der Waals surface area contributed by atoms with E-state index < -0.39 is 0 Å². The highest BCUT2D eigenvalue weighted by atomic mass is 79.9. The van der Waals surface area contributed by atoms with Gasteiger partial charge in [-0.05, 0) is 73.7 Å². The van der Waals surface area contributed by atoms with Crippen LogP contribution in [0.5, 0.6) is 11.5 Å². The molecular weight excluding hydrogens is 642 g/mol. The fourth-order valence-electron chi connectivity index (χ4n) is 4.01. The summed E-state index contributed by atoms with van der Waals surface area (Å²) in [6.45, 7) is 1.83. The molecule has 2 amide bonds. The number of thiazole rings is 1. The maximum absolute atomic E-state index is 12.7. The van der Waals surface area contributed by atoms with E-state index in [1.54, 1.807) is 61.7 Å². The molecule has 0 aliphatic heterocycles. The molecule has 0 fully saturated rings. The number of nitrogens with zero attached hydrogens (tertiary/aromatic N) is 2. The molecule has 0 aliphatic rings. The Bertz CT molecular complexity index is 1770. The quantitative estimate of drug-likeness (QED) is 0.0997. The van der Waals surface area contributed by atoms with Gasteiger partial charge in [0.05, 0.1) is 19.0 Å². The van der Waals surface area contributed by atoms with Crippen LogP contribution in [0.3, 0.4) is 0 Å². The average Bonchev–Trinajstić information content (AvgIpc) is 3.50. The first-order chi connectivity index (χ1) is 21.4. The molecule has 9 nitrogen and oxygen atoms in total. The lowest BCUT2D eigenvalue weighted by Crippen LogP contribution is -2.20. The van der Waals surface area contributed by atoms with E-state index in [1.807, 2.05) is 48.7 Å². The minimum Gasteiger partial charge on any atom is -0.497 e. The largest absolute Gasteiger partial charge is 0.497 e. The summed E-state index contributed by atoms with van der Waals surface area (Å²) in [7, 11) is 1.58. The van der Waals surface area contributed by atoms with Crippen LogP contribution >= 0.6 is 27.3 Å². The maximum Gasteiger partial charge on any atom is 0.271 e. The van der Waals surface area contributed by atoms with Crippen LogP contribution in [0.15, 0.2) is 106 Å². The van der Waals surface area contributed by atoms with Gasteiger partial charge in [0.25, 0.3) is 11.8 Å². The second-order valence-electron chi connectivity index (χ2n) is 9.55. The van der Waals surface area contributed by atoms with Gasteiger partial charge >= 0.3 is 0 Å². The molecule has 0 bridgehead atoms. The minimum atomic E-state index is -0.371. The van der Waals surface area contributed by atoms with Gasteiger partial charge in [-0.1, -0.05) is 45.8 Å². The Labute approximate surface area is 267 Å². The molecule has 3 N–H and O–H groups in total. The van der Waals surface area contributed by atoms with E-state index in [0.29, 0.717) is 28.3 Å². The normalized spacial score (nSPS) is 10.8. The highest BCUT2D eigenvalue weighted by Gasteiger charge is 2.10. The van der Waals surface area contributed by atoms with Gasteiger partial charge in [0.1, 0.15) is 11.5 Å². The number of hydrogen-bond donors (Lipinski definition) is 3. The SMILES string of the molecule is COc1ccc(NC(=O)COc2ccc(Br)cc2/C=N/NC(=O)c2ccc(-c3csc(Nc4ccc(C)cc4)n3)cc2)cc1. The first-order valence-electron chi connectivity index (χ1n) is 13.5. The van der Waals surface area contributed by atoms with Crippen molar-refractivity contribution in [2.45, 2.75) is 6.92 Å². The number of amides is 2. The highest BCUT2D eigenvalue weighted by molar-refractivity contribution is 9.10. The second-order valence-corrected chi connectivity index (χ2v) is 11.3. The third kappa shape index (κ3) is 8.30. The predicted octanol–water partition coefficient (Wildman–Crippen LogP) is 7.41. The third-order valence-corrected chi connectivity index (χ3v) is 7.57. The second kappa shape index (κ2) is 14.5. The average molecular weight is 671 g/mol. The zero-order valence-corrected chi connectivity index (χ0v) is 26.2. The molecule has 11 heteroatoms. The maximum atomic E-state index is 12.7. The summed E-state index contributed by atoms with van der Waals surface area (Å²) in [5, 5.41) is 12.9. The summed E-state index contributed by atoms with van der Waals surface area (Å²) in [6.07, 6.45) is 1.46. The first kappa shape index (κ1) is 30.5. The molecular formula is C33H28BrN5O4S. The summed E-state index contributed by atoms with van der Waals surface area (Å²) >= 11 is 4.94. The van der Waals surface area contributed by atoms with Gasteiger partial charge in [-0.2, -0.15) is 5.10 Å². The summed E-state index contributed by atoms with van der Waals surface area (Å²) in [4.78, 5) is 29.8. The van der Waals surface area contributed by atoms with Crippen LogP contribution in [0.25, 0.3) is 11.3 Å². The monoisotopic (exact) mass is 669 g/mol. The van der Waals surface area contributed by atoms with Crippen molar-refractivity contribution in [3.63, 3.8) is 0 Å². The molecule has 44 heavy (non-hydrogen) atoms. The van der Waals surface area contributed by atoms with Gasteiger partial charge in [0.2, 0.25) is 0 Å². The number of rotatable bonds is 11. The van der Waals surface area contributed by atoms with E-state index in [9.17, 15) is 9.59 Å². The molecule has 0 aliphatic carbocycles. The highest BCUT2D eigenvalue weighted by Crippen LogP contribution is 2.28. The number of aromatic nitrogens is 1. The molecule has 222 valence electrons. The zero-order valence-electron chi connectivity index (χ0n) is 23.8. The Hall–Kier alpha value is -5.00. The van der Waals surface area contributed by atoms with Gasteiger partial charge in [-0.3, -0.25) is 9.59 Å². The van der Waals surface area contributed by atoms with Crippen molar-refractivity contribution in [2.75, 3.05) is 24.4 Å². The van der Waals surface area contributed by atoms with Crippen LogP contribution in [0.2, 0.25) is 0 Å². The Morgan fingerprint density at radius 3 is 2.41 bits per heavy atom. The number of ether oxygens (including phenoxy) is 2. The molecule has 0 spiro atoms. The minimum absolute atomic E-state index is 0.213. The molecule has 0 unspecified atom stereocenters. The van der Waals surface area contributed by atoms with Crippen molar-refractivity contribution in [2.24, 2.45) is 5.10 Å². The van der Waals surface area contributed by atoms with E-state index in [1.165, 1.54) is 23.1 Å². The molecule has 0 radical (unpaired) electrons. The van der Waals surface area contributed by atoms with Gasteiger partial charge in [-0.15, -0.1) is 11.3 Å². The number of carbonyl (C=O) groups excluding carboxylic acids is 2. The lowest BCUT2D eigenvalue weighted by molar-refractivity contribution is -0.118. The zero-order chi connectivity index (χ0) is 30.9. The summed E-state index contributed by atoms with van der Waals surface area (Å²) < 4.78 is 11.7. The Morgan fingerprint density at radius 1 is 0.955 bits per heavy atom. The molecule has 0 saturated heterocycles. The predicted molar refractivity (Wildman–Crippen MR) is 178 cm³/mol. The van der Waals surface area contributed by atoms with E-state index in [2.05, 4.69) is 42.1 Å².